The Morgan fingerprint density at radius 2 is 1.69 bits per heavy atom. The Morgan fingerprint density at radius 3 is 2.31 bits per heavy atom. The minimum Gasteiger partial charge on any atom is -0.477 e. The second-order valence-electron chi connectivity index (χ2n) is 8.69. The van der Waals surface area contributed by atoms with Gasteiger partial charge in [-0.2, -0.15) is 8.78 Å². The summed E-state index contributed by atoms with van der Waals surface area (Å²) >= 11 is 0. The molecule has 0 bridgehead atoms. The summed E-state index contributed by atoms with van der Waals surface area (Å²) in [7, 11) is 0. The van der Waals surface area contributed by atoms with Gasteiger partial charge in [0.15, 0.2) is 0 Å². The first-order valence-electron chi connectivity index (χ1n) is 11.3. The van der Waals surface area contributed by atoms with E-state index in [1.54, 1.807) is 0 Å². The van der Waals surface area contributed by atoms with E-state index in [1.165, 1.54) is 0 Å². The predicted molar refractivity (Wildman–Crippen MR) is 121 cm³/mol. The molecule has 2 aromatic carbocycles. The Labute approximate surface area is 200 Å². The lowest BCUT2D eigenvalue weighted by Gasteiger charge is -2.31. The van der Waals surface area contributed by atoms with Gasteiger partial charge in [-0.15, -0.1) is 0 Å². The molecule has 1 saturated heterocycles. The third kappa shape index (κ3) is 5.59. The van der Waals surface area contributed by atoms with Gasteiger partial charge in [-0.25, -0.2) is 9.59 Å². The van der Waals surface area contributed by atoms with E-state index in [1.807, 2.05) is 53.8 Å². The second kappa shape index (κ2) is 10.4. The zero-order chi connectivity index (χ0) is 25.0. The summed E-state index contributed by atoms with van der Waals surface area (Å²) in [5.74, 6) is -7.69. The number of carbonyl (C=O) groups is 3. The van der Waals surface area contributed by atoms with Gasteiger partial charge in [0.25, 0.3) is 0 Å². The number of carboxylic acids is 1. The third-order valence-electron chi connectivity index (χ3n) is 6.39. The summed E-state index contributed by atoms with van der Waals surface area (Å²) < 4.78 is 37.4. The van der Waals surface area contributed by atoms with Crippen LogP contribution in [0.1, 0.15) is 29.9 Å². The summed E-state index contributed by atoms with van der Waals surface area (Å²) in [6.45, 7) is -0.654. The van der Waals surface area contributed by atoms with Crippen molar-refractivity contribution in [3.05, 3.63) is 59.7 Å². The number of carboxylic acid groups (broad SMARTS) is 1. The second-order valence-corrected chi connectivity index (χ2v) is 8.69. The van der Waals surface area contributed by atoms with Crippen molar-refractivity contribution in [1.29, 1.82) is 0 Å². The number of benzene rings is 2. The van der Waals surface area contributed by atoms with E-state index >= 15 is 0 Å². The fourth-order valence-corrected chi connectivity index (χ4v) is 4.58. The standard InChI is InChI=1S/C25H26F2N2O6/c26-25(27,23(31)32)14-28-22(30)11-15-12-34-10-9-21(15)29-24(33)35-13-20-18-7-3-1-5-16(18)17-6-2-4-8-19(17)20/h1-8,15,20-21H,9-14H2,(H,28,30)(H,29,33)(H,31,32). The van der Waals surface area contributed by atoms with E-state index in [-0.39, 0.29) is 25.6 Å². The van der Waals surface area contributed by atoms with Gasteiger partial charge in [0.1, 0.15) is 6.61 Å². The van der Waals surface area contributed by atoms with Gasteiger partial charge in [-0.05, 0) is 28.7 Å². The molecule has 2 atom stereocenters. The molecule has 3 N–H and O–H groups in total. The molecule has 2 aliphatic rings. The number of halogens is 2. The van der Waals surface area contributed by atoms with Gasteiger partial charge >= 0.3 is 18.0 Å². The fourth-order valence-electron chi connectivity index (χ4n) is 4.58. The van der Waals surface area contributed by atoms with E-state index in [2.05, 4.69) is 5.32 Å². The van der Waals surface area contributed by atoms with E-state index in [0.717, 1.165) is 22.3 Å². The molecule has 2 aromatic rings. The van der Waals surface area contributed by atoms with Gasteiger partial charge in [0, 0.05) is 30.9 Å². The predicted octanol–water partition coefficient (Wildman–Crippen LogP) is 3.16. The van der Waals surface area contributed by atoms with Crippen LogP contribution in [0.2, 0.25) is 0 Å². The van der Waals surface area contributed by atoms with Gasteiger partial charge in [-0.1, -0.05) is 48.5 Å². The zero-order valence-electron chi connectivity index (χ0n) is 18.8. The molecule has 1 fully saturated rings. The maximum absolute atomic E-state index is 13.2. The number of rotatable bonds is 8. The average Bonchev–Trinajstić information content (AvgIpc) is 3.16. The highest BCUT2D eigenvalue weighted by atomic mass is 19.3. The first kappa shape index (κ1) is 24.6. The van der Waals surface area contributed by atoms with Crippen LogP contribution >= 0.6 is 0 Å². The number of alkyl halides is 2. The number of aliphatic carboxylic acids is 1. The Hall–Kier alpha value is -3.53. The maximum Gasteiger partial charge on any atom is 0.407 e. The van der Waals surface area contributed by atoms with Crippen LogP contribution in [0.3, 0.4) is 0 Å². The molecule has 8 nitrogen and oxygen atoms in total. The van der Waals surface area contributed by atoms with Crippen LogP contribution in [-0.2, 0) is 19.1 Å². The largest absolute Gasteiger partial charge is 0.477 e. The maximum atomic E-state index is 13.2. The molecule has 0 aromatic heterocycles. The van der Waals surface area contributed by atoms with E-state index < -0.39 is 42.4 Å². The summed E-state index contributed by atoms with van der Waals surface area (Å²) in [5, 5.41) is 13.2. The normalized spacial score (nSPS) is 19.4. The monoisotopic (exact) mass is 488 g/mol. The number of nitrogens with one attached hydrogen (secondary N) is 2. The molecule has 10 heteroatoms. The first-order valence-corrected chi connectivity index (χ1v) is 11.3. The van der Waals surface area contributed by atoms with Crippen molar-refractivity contribution in [1.82, 2.24) is 10.6 Å². The minimum atomic E-state index is -4.06. The fraction of sp³-hybridized carbons (Fsp3) is 0.400. The summed E-state index contributed by atoms with van der Waals surface area (Å²) in [6, 6.07) is 15.5. The molecule has 0 saturated carbocycles. The molecule has 2 unspecified atom stereocenters. The van der Waals surface area contributed by atoms with Gasteiger partial charge in [0.05, 0.1) is 13.2 Å². The summed E-state index contributed by atoms with van der Waals surface area (Å²) in [4.78, 5) is 35.2. The number of alkyl carbamates (subject to hydrolysis) is 1. The average molecular weight is 488 g/mol. The van der Waals surface area contributed by atoms with Crippen molar-refractivity contribution in [2.45, 2.75) is 30.7 Å². The van der Waals surface area contributed by atoms with Crippen molar-refractivity contribution in [3.63, 3.8) is 0 Å². The van der Waals surface area contributed by atoms with Crippen LogP contribution in [0, 0.1) is 5.92 Å². The lowest BCUT2D eigenvalue weighted by molar-refractivity contribution is -0.164. The number of hydrogen-bond donors (Lipinski definition) is 3. The van der Waals surface area contributed by atoms with Crippen LogP contribution in [0.15, 0.2) is 48.5 Å². The highest BCUT2D eigenvalue weighted by Gasteiger charge is 2.39. The van der Waals surface area contributed by atoms with E-state index in [9.17, 15) is 23.2 Å². The molecular formula is C25H26F2N2O6. The van der Waals surface area contributed by atoms with Crippen LogP contribution in [0.25, 0.3) is 11.1 Å². The topological polar surface area (TPSA) is 114 Å². The van der Waals surface area contributed by atoms with Gasteiger partial charge in [-0.3, -0.25) is 4.79 Å². The number of amides is 2. The Kier molecular flexibility index (Phi) is 7.30. The van der Waals surface area contributed by atoms with E-state index in [0.29, 0.717) is 13.0 Å². The van der Waals surface area contributed by atoms with Crippen molar-refractivity contribution in [3.8, 4) is 11.1 Å². The zero-order valence-corrected chi connectivity index (χ0v) is 18.8. The van der Waals surface area contributed by atoms with Crippen molar-refractivity contribution < 1.29 is 37.7 Å². The molecule has 1 heterocycles. The number of ether oxygens (including phenoxy) is 2. The van der Waals surface area contributed by atoms with E-state index in [4.69, 9.17) is 14.6 Å². The highest BCUT2D eigenvalue weighted by Crippen LogP contribution is 2.44. The summed E-state index contributed by atoms with van der Waals surface area (Å²) in [6.07, 6.45) is -0.418. The first-order chi connectivity index (χ1) is 16.8. The van der Waals surface area contributed by atoms with Crippen LogP contribution < -0.4 is 10.6 Å². The highest BCUT2D eigenvalue weighted by molar-refractivity contribution is 5.80. The molecule has 35 heavy (non-hydrogen) atoms. The smallest absolute Gasteiger partial charge is 0.407 e. The van der Waals surface area contributed by atoms with Crippen LogP contribution in [-0.4, -0.2) is 61.4 Å². The number of fused-ring (bicyclic) bond motifs is 3. The lowest BCUT2D eigenvalue weighted by Crippen LogP contribution is -2.48. The molecule has 4 rings (SSSR count). The molecule has 1 aliphatic heterocycles. The Morgan fingerprint density at radius 1 is 1.06 bits per heavy atom. The van der Waals surface area contributed by atoms with Crippen molar-refractivity contribution in [2.75, 3.05) is 26.4 Å². The lowest BCUT2D eigenvalue weighted by atomic mass is 9.92. The number of hydrogen-bond acceptors (Lipinski definition) is 5. The van der Waals surface area contributed by atoms with Crippen molar-refractivity contribution >= 4 is 18.0 Å². The molecule has 2 amide bonds. The minimum absolute atomic E-state index is 0.0969. The molecule has 186 valence electrons. The molecule has 0 radical (unpaired) electrons. The van der Waals surface area contributed by atoms with Gasteiger partial charge < -0.3 is 25.2 Å². The Balaban J connectivity index is 1.32. The molecule has 1 aliphatic carbocycles. The third-order valence-corrected chi connectivity index (χ3v) is 6.39. The van der Waals surface area contributed by atoms with Crippen LogP contribution in [0.4, 0.5) is 13.6 Å². The number of carbonyl (C=O) groups excluding carboxylic acids is 2. The van der Waals surface area contributed by atoms with Crippen LogP contribution in [0.5, 0.6) is 0 Å². The van der Waals surface area contributed by atoms with Crippen molar-refractivity contribution in [2.24, 2.45) is 5.92 Å². The Bertz CT molecular complexity index is 1060. The molecular weight excluding hydrogens is 462 g/mol. The van der Waals surface area contributed by atoms with Gasteiger partial charge in [0.2, 0.25) is 5.91 Å². The quantitative estimate of drug-likeness (QED) is 0.526. The molecule has 0 spiro atoms. The SMILES string of the molecule is O=C(CC1COCCC1NC(=O)OCC1c2ccccc2-c2ccccc21)NCC(F)(F)C(=O)O. The summed E-state index contributed by atoms with van der Waals surface area (Å²) in [5.41, 5.74) is 4.39.